The third kappa shape index (κ3) is 3.25. The summed E-state index contributed by atoms with van der Waals surface area (Å²) in [4.78, 5) is 0. The maximum absolute atomic E-state index is 11.9. The van der Waals surface area contributed by atoms with Gasteiger partial charge in [-0.3, -0.25) is 0 Å². The van der Waals surface area contributed by atoms with Crippen molar-refractivity contribution in [1.82, 2.24) is 4.72 Å². The van der Waals surface area contributed by atoms with Gasteiger partial charge in [0.2, 0.25) is 10.0 Å². The van der Waals surface area contributed by atoms with Crippen molar-refractivity contribution in [3.05, 3.63) is 34.9 Å². The van der Waals surface area contributed by atoms with E-state index in [-0.39, 0.29) is 11.3 Å². The second-order valence-corrected chi connectivity index (χ2v) is 7.14. The van der Waals surface area contributed by atoms with Crippen LogP contribution in [0.2, 0.25) is 5.02 Å². The van der Waals surface area contributed by atoms with Crippen molar-refractivity contribution in [2.45, 2.75) is 38.1 Å². The molecule has 1 N–H and O–H groups in total. The average Bonchev–Trinajstić information content (AvgIpc) is 3.07. The maximum Gasteiger partial charge on any atom is 0.212 e. The van der Waals surface area contributed by atoms with E-state index in [0.717, 1.165) is 24.8 Å². The molecule has 3 nitrogen and oxygen atoms in total. The van der Waals surface area contributed by atoms with Crippen LogP contribution in [0, 0.1) is 0 Å². The molecule has 0 bridgehead atoms. The van der Waals surface area contributed by atoms with Crippen molar-refractivity contribution >= 4 is 21.6 Å². The molecule has 1 aliphatic rings. The van der Waals surface area contributed by atoms with Crippen LogP contribution < -0.4 is 4.72 Å². The van der Waals surface area contributed by atoms with Gasteiger partial charge in [0.25, 0.3) is 0 Å². The topological polar surface area (TPSA) is 46.2 Å². The molecule has 5 heteroatoms. The predicted octanol–water partition coefficient (Wildman–Crippen LogP) is 3.05. The quantitative estimate of drug-likeness (QED) is 0.874. The molecule has 0 radical (unpaired) electrons. The molecule has 2 rings (SSSR count). The summed E-state index contributed by atoms with van der Waals surface area (Å²) < 4.78 is 26.7. The summed E-state index contributed by atoms with van der Waals surface area (Å²) in [5, 5.41) is 0.670. The maximum atomic E-state index is 11.9. The number of halogens is 1. The molecule has 1 aromatic carbocycles. The Morgan fingerprint density at radius 2 is 1.89 bits per heavy atom. The van der Waals surface area contributed by atoms with Gasteiger partial charge in [0, 0.05) is 5.02 Å². The van der Waals surface area contributed by atoms with E-state index in [4.69, 9.17) is 11.6 Å². The Morgan fingerprint density at radius 3 is 2.39 bits per heavy atom. The lowest BCUT2D eigenvalue weighted by Crippen LogP contribution is -2.36. The van der Waals surface area contributed by atoms with Crippen LogP contribution in [0.3, 0.4) is 0 Å². The van der Waals surface area contributed by atoms with Crippen LogP contribution in [-0.2, 0) is 15.6 Å². The number of benzene rings is 1. The van der Waals surface area contributed by atoms with Gasteiger partial charge < -0.3 is 0 Å². The smallest absolute Gasteiger partial charge is 0.212 e. The molecule has 100 valence electrons. The molecule has 18 heavy (non-hydrogen) atoms. The van der Waals surface area contributed by atoms with Gasteiger partial charge in [0.05, 0.1) is 11.3 Å². The van der Waals surface area contributed by atoms with Crippen LogP contribution in [0.4, 0.5) is 0 Å². The summed E-state index contributed by atoms with van der Waals surface area (Å²) in [6.45, 7) is 1.99. The fraction of sp³-hybridized carbons (Fsp3) is 0.538. The lowest BCUT2D eigenvalue weighted by molar-refractivity contribution is 0.549. The summed E-state index contributed by atoms with van der Waals surface area (Å²) in [6, 6.07) is 7.41. The molecular formula is C13H18ClNO2S. The zero-order valence-electron chi connectivity index (χ0n) is 10.4. The highest BCUT2D eigenvalue weighted by atomic mass is 35.5. The van der Waals surface area contributed by atoms with Gasteiger partial charge >= 0.3 is 0 Å². The molecule has 0 heterocycles. The van der Waals surface area contributed by atoms with Gasteiger partial charge in [-0.2, -0.15) is 0 Å². The van der Waals surface area contributed by atoms with Gasteiger partial charge in [-0.15, -0.1) is 0 Å². The first-order valence-corrected chi connectivity index (χ1v) is 8.28. The van der Waals surface area contributed by atoms with E-state index in [1.54, 1.807) is 12.1 Å². The lowest BCUT2D eigenvalue weighted by Gasteiger charge is -2.18. The van der Waals surface area contributed by atoms with E-state index in [9.17, 15) is 8.42 Å². The second kappa shape index (κ2) is 5.19. The third-order valence-electron chi connectivity index (χ3n) is 3.26. The standard InChI is InChI=1S/C13H18ClNO2S/c1-2-3-10-18(16,17)15-13(8-9-13)11-4-6-12(14)7-5-11/h4-7,15H,2-3,8-10H2,1H3. The minimum atomic E-state index is -3.18. The van der Waals surface area contributed by atoms with E-state index in [0.29, 0.717) is 11.4 Å². The number of sulfonamides is 1. The van der Waals surface area contributed by atoms with Gasteiger partial charge in [-0.1, -0.05) is 37.1 Å². The molecule has 0 atom stereocenters. The van der Waals surface area contributed by atoms with Gasteiger partial charge in [0.15, 0.2) is 0 Å². The zero-order chi connectivity index (χ0) is 13.2. The summed E-state index contributed by atoms with van der Waals surface area (Å²) in [5.74, 6) is 0.207. The molecule has 0 amide bonds. The summed E-state index contributed by atoms with van der Waals surface area (Å²) in [5.41, 5.74) is 0.629. The number of unbranched alkanes of at least 4 members (excludes halogenated alkanes) is 1. The Morgan fingerprint density at radius 1 is 1.28 bits per heavy atom. The van der Waals surface area contributed by atoms with Gasteiger partial charge in [-0.05, 0) is 37.0 Å². The van der Waals surface area contributed by atoms with Crippen LogP contribution in [0.1, 0.15) is 38.2 Å². The van der Waals surface area contributed by atoms with Crippen molar-refractivity contribution in [2.75, 3.05) is 5.75 Å². The molecular weight excluding hydrogens is 270 g/mol. The second-order valence-electron chi connectivity index (χ2n) is 4.86. The van der Waals surface area contributed by atoms with E-state index in [1.165, 1.54) is 0 Å². The Hall–Kier alpha value is -0.580. The van der Waals surface area contributed by atoms with E-state index < -0.39 is 10.0 Å². The highest BCUT2D eigenvalue weighted by molar-refractivity contribution is 7.89. The molecule has 0 unspecified atom stereocenters. The molecule has 0 spiro atoms. The van der Waals surface area contributed by atoms with Crippen LogP contribution >= 0.6 is 11.6 Å². The molecule has 0 aromatic heterocycles. The van der Waals surface area contributed by atoms with E-state index in [1.807, 2.05) is 19.1 Å². The van der Waals surface area contributed by atoms with Crippen molar-refractivity contribution in [2.24, 2.45) is 0 Å². The Kier molecular flexibility index (Phi) is 3.99. The highest BCUT2D eigenvalue weighted by Gasteiger charge is 2.46. The van der Waals surface area contributed by atoms with Crippen molar-refractivity contribution in [3.63, 3.8) is 0 Å². The number of hydrogen-bond acceptors (Lipinski definition) is 2. The minimum absolute atomic E-state index is 0.207. The summed E-state index contributed by atoms with van der Waals surface area (Å²) >= 11 is 5.85. The van der Waals surface area contributed by atoms with Crippen molar-refractivity contribution in [1.29, 1.82) is 0 Å². The number of rotatable bonds is 6. The lowest BCUT2D eigenvalue weighted by atomic mass is 10.1. The van der Waals surface area contributed by atoms with Crippen molar-refractivity contribution < 1.29 is 8.42 Å². The van der Waals surface area contributed by atoms with Gasteiger partial charge in [0.1, 0.15) is 0 Å². The molecule has 0 saturated heterocycles. The summed E-state index contributed by atoms with van der Waals surface area (Å²) in [6.07, 6.45) is 3.31. The Bertz CT molecular complexity index is 506. The highest BCUT2D eigenvalue weighted by Crippen LogP contribution is 2.46. The average molecular weight is 288 g/mol. The van der Waals surface area contributed by atoms with Crippen LogP contribution in [0.25, 0.3) is 0 Å². The molecule has 1 aliphatic carbocycles. The normalized spacial score (nSPS) is 17.7. The molecule has 1 aromatic rings. The third-order valence-corrected chi connectivity index (χ3v) is 5.04. The van der Waals surface area contributed by atoms with E-state index in [2.05, 4.69) is 4.72 Å². The number of hydrogen-bond donors (Lipinski definition) is 1. The van der Waals surface area contributed by atoms with Gasteiger partial charge in [-0.25, -0.2) is 13.1 Å². The van der Waals surface area contributed by atoms with Crippen LogP contribution in [0.15, 0.2) is 24.3 Å². The summed E-state index contributed by atoms with van der Waals surface area (Å²) in [7, 11) is -3.18. The Balaban J connectivity index is 2.11. The molecule has 1 fully saturated rings. The first kappa shape index (κ1) is 13.8. The minimum Gasteiger partial charge on any atom is -0.212 e. The monoisotopic (exact) mass is 287 g/mol. The van der Waals surface area contributed by atoms with Crippen LogP contribution in [-0.4, -0.2) is 14.2 Å². The predicted molar refractivity (Wildman–Crippen MR) is 74.2 cm³/mol. The molecule has 1 saturated carbocycles. The first-order valence-electron chi connectivity index (χ1n) is 6.25. The fourth-order valence-electron chi connectivity index (χ4n) is 2.03. The first-order chi connectivity index (χ1) is 8.47. The van der Waals surface area contributed by atoms with Crippen LogP contribution in [0.5, 0.6) is 0 Å². The zero-order valence-corrected chi connectivity index (χ0v) is 12.0. The van der Waals surface area contributed by atoms with Crippen molar-refractivity contribution in [3.8, 4) is 0 Å². The Labute approximate surface area is 114 Å². The van der Waals surface area contributed by atoms with E-state index >= 15 is 0 Å². The SMILES string of the molecule is CCCCS(=O)(=O)NC1(c2ccc(Cl)cc2)CC1. The molecule has 0 aliphatic heterocycles. The number of nitrogens with one attached hydrogen (secondary N) is 1. The fourth-order valence-corrected chi connectivity index (χ4v) is 3.84. The largest absolute Gasteiger partial charge is 0.212 e.